The van der Waals surface area contributed by atoms with E-state index in [1.807, 2.05) is 0 Å². The zero-order valence-electron chi connectivity index (χ0n) is 8.74. The summed E-state index contributed by atoms with van der Waals surface area (Å²) in [5.74, 6) is -0.233. The molecule has 0 fully saturated rings. The Bertz CT molecular complexity index is 273. The van der Waals surface area contributed by atoms with Crippen molar-refractivity contribution in [2.24, 2.45) is 0 Å². The Balaban J connectivity index is 3.88. The van der Waals surface area contributed by atoms with Crippen LogP contribution >= 0.6 is 0 Å². The number of methoxy groups -OCH3 is 1. The van der Waals surface area contributed by atoms with E-state index in [1.54, 1.807) is 13.8 Å². The smallest absolute Gasteiger partial charge is 0.319 e. The van der Waals surface area contributed by atoms with Crippen molar-refractivity contribution < 1.29 is 17.9 Å². The van der Waals surface area contributed by atoms with Crippen molar-refractivity contribution in [3.05, 3.63) is 0 Å². The highest BCUT2D eigenvalue weighted by atomic mass is 32.2. The number of ether oxygens (including phenoxy) is 1. The Kier molecular flexibility index (Phi) is 5.71. The van der Waals surface area contributed by atoms with Crippen molar-refractivity contribution in [2.45, 2.75) is 19.9 Å². The lowest BCUT2D eigenvalue weighted by Gasteiger charge is -2.12. The van der Waals surface area contributed by atoms with Crippen molar-refractivity contribution >= 4 is 15.8 Å². The largest absolute Gasteiger partial charge is 0.468 e. The van der Waals surface area contributed by atoms with Crippen LogP contribution in [0.25, 0.3) is 0 Å². The first kappa shape index (κ1) is 13.4. The third-order valence-corrected chi connectivity index (χ3v) is 3.65. The van der Waals surface area contributed by atoms with E-state index in [1.165, 1.54) is 7.11 Å². The zero-order chi connectivity index (χ0) is 11.2. The molecule has 0 saturated carbocycles. The summed E-state index contributed by atoms with van der Waals surface area (Å²) >= 11 is 0. The molecule has 0 amide bonds. The molecule has 84 valence electrons. The third-order valence-electron chi connectivity index (χ3n) is 1.77. The number of rotatable bonds is 6. The van der Waals surface area contributed by atoms with Gasteiger partial charge in [0.15, 0.2) is 9.84 Å². The van der Waals surface area contributed by atoms with Gasteiger partial charge in [-0.25, -0.2) is 8.42 Å². The Morgan fingerprint density at radius 2 is 2.07 bits per heavy atom. The second-order valence-corrected chi connectivity index (χ2v) is 5.45. The number of carbonyl (C=O) groups is 1. The van der Waals surface area contributed by atoms with Crippen LogP contribution in [-0.4, -0.2) is 45.6 Å². The summed E-state index contributed by atoms with van der Waals surface area (Å²) in [5.41, 5.74) is 0. The lowest BCUT2D eigenvalue weighted by molar-refractivity contribution is -0.139. The number of carbonyl (C=O) groups excluding carboxylic acids is 1. The normalized spacial score (nSPS) is 13.6. The standard InChI is InChI=1S/C8H17NO4S/c1-4-14(11,12)6-7(2)9-5-8(10)13-3/h7,9H,4-6H2,1-3H3. The molecule has 1 unspecified atom stereocenters. The van der Waals surface area contributed by atoms with Crippen LogP contribution in [0.15, 0.2) is 0 Å². The van der Waals surface area contributed by atoms with Crippen molar-refractivity contribution in [1.29, 1.82) is 0 Å². The van der Waals surface area contributed by atoms with Crippen molar-refractivity contribution in [3.63, 3.8) is 0 Å². The number of sulfone groups is 1. The number of hydrogen-bond acceptors (Lipinski definition) is 5. The molecule has 5 nitrogen and oxygen atoms in total. The summed E-state index contributed by atoms with van der Waals surface area (Å²) in [4.78, 5) is 10.7. The molecule has 6 heteroatoms. The summed E-state index contributed by atoms with van der Waals surface area (Å²) in [6, 6.07) is -0.237. The van der Waals surface area contributed by atoms with E-state index >= 15 is 0 Å². The van der Waals surface area contributed by atoms with Gasteiger partial charge in [0, 0.05) is 11.8 Å². The van der Waals surface area contributed by atoms with Crippen LogP contribution in [0.4, 0.5) is 0 Å². The minimum atomic E-state index is -2.99. The van der Waals surface area contributed by atoms with E-state index in [2.05, 4.69) is 10.1 Å². The molecule has 0 heterocycles. The Morgan fingerprint density at radius 1 is 1.50 bits per heavy atom. The van der Waals surface area contributed by atoms with Gasteiger partial charge >= 0.3 is 5.97 Å². The minimum Gasteiger partial charge on any atom is -0.468 e. The second-order valence-electron chi connectivity index (χ2n) is 3.06. The monoisotopic (exact) mass is 223 g/mol. The van der Waals surface area contributed by atoms with E-state index in [-0.39, 0.29) is 24.1 Å². The maximum atomic E-state index is 11.2. The molecule has 0 radical (unpaired) electrons. The molecule has 1 atom stereocenters. The summed E-state index contributed by atoms with van der Waals surface area (Å²) in [6.07, 6.45) is 0. The first-order valence-electron chi connectivity index (χ1n) is 4.42. The highest BCUT2D eigenvalue weighted by Gasteiger charge is 2.13. The van der Waals surface area contributed by atoms with Crippen molar-refractivity contribution in [1.82, 2.24) is 5.32 Å². The summed E-state index contributed by atoms with van der Waals surface area (Å²) < 4.78 is 26.7. The zero-order valence-corrected chi connectivity index (χ0v) is 9.56. The van der Waals surface area contributed by atoms with E-state index in [4.69, 9.17) is 0 Å². The summed E-state index contributed by atoms with van der Waals surface area (Å²) in [7, 11) is -1.70. The van der Waals surface area contributed by atoms with Gasteiger partial charge in [0.2, 0.25) is 0 Å². The molecule has 1 N–H and O–H groups in total. The number of nitrogens with one attached hydrogen (secondary N) is 1. The summed E-state index contributed by atoms with van der Waals surface area (Å²) in [6.45, 7) is 3.36. The predicted octanol–water partition coefficient (Wildman–Crippen LogP) is -0.428. The molecule has 0 spiro atoms. The minimum absolute atomic E-state index is 0.0386. The maximum absolute atomic E-state index is 11.2. The van der Waals surface area contributed by atoms with Crippen LogP contribution in [0.1, 0.15) is 13.8 Å². The van der Waals surface area contributed by atoms with Gasteiger partial charge in [-0.15, -0.1) is 0 Å². The molecule has 14 heavy (non-hydrogen) atoms. The first-order chi connectivity index (χ1) is 6.41. The molecule has 0 aliphatic rings. The van der Waals surface area contributed by atoms with E-state index in [0.717, 1.165) is 0 Å². The van der Waals surface area contributed by atoms with Crippen molar-refractivity contribution in [2.75, 3.05) is 25.2 Å². The second kappa shape index (κ2) is 5.98. The third kappa shape index (κ3) is 5.93. The van der Waals surface area contributed by atoms with Gasteiger partial charge in [0.05, 0.1) is 19.4 Å². The molecule has 0 bridgehead atoms. The number of esters is 1. The molecule has 0 aliphatic carbocycles. The van der Waals surface area contributed by atoms with Crippen LogP contribution in [0.5, 0.6) is 0 Å². The van der Waals surface area contributed by atoms with Crippen molar-refractivity contribution in [3.8, 4) is 0 Å². The average Bonchev–Trinajstić information content (AvgIpc) is 2.13. The maximum Gasteiger partial charge on any atom is 0.319 e. The highest BCUT2D eigenvalue weighted by molar-refractivity contribution is 7.91. The van der Waals surface area contributed by atoms with Gasteiger partial charge in [0.25, 0.3) is 0 Å². The van der Waals surface area contributed by atoms with Crippen LogP contribution in [0.2, 0.25) is 0 Å². The molecular formula is C8H17NO4S. The highest BCUT2D eigenvalue weighted by Crippen LogP contribution is 1.93. The van der Waals surface area contributed by atoms with Crippen LogP contribution in [0.3, 0.4) is 0 Å². The number of hydrogen-bond donors (Lipinski definition) is 1. The van der Waals surface area contributed by atoms with Gasteiger partial charge in [-0.3, -0.25) is 4.79 Å². The van der Waals surface area contributed by atoms with Crippen LogP contribution in [-0.2, 0) is 19.4 Å². The summed E-state index contributed by atoms with van der Waals surface area (Å²) in [5, 5.41) is 2.77. The topological polar surface area (TPSA) is 72.5 Å². The van der Waals surface area contributed by atoms with Gasteiger partial charge in [-0.2, -0.15) is 0 Å². The Labute approximate surface area is 84.7 Å². The lowest BCUT2D eigenvalue weighted by atomic mass is 10.4. The molecule has 0 saturated heterocycles. The quantitative estimate of drug-likeness (QED) is 0.619. The van der Waals surface area contributed by atoms with E-state index in [0.29, 0.717) is 0 Å². The lowest BCUT2D eigenvalue weighted by Crippen LogP contribution is -2.37. The van der Waals surface area contributed by atoms with Crippen LogP contribution < -0.4 is 5.32 Å². The predicted molar refractivity (Wildman–Crippen MR) is 53.8 cm³/mol. The van der Waals surface area contributed by atoms with Gasteiger partial charge in [-0.1, -0.05) is 6.92 Å². The molecule has 0 rings (SSSR count). The average molecular weight is 223 g/mol. The fourth-order valence-electron chi connectivity index (χ4n) is 0.887. The van der Waals surface area contributed by atoms with Gasteiger partial charge in [0.1, 0.15) is 0 Å². The Morgan fingerprint density at radius 3 is 2.50 bits per heavy atom. The fourth-order valence-corrected chi connectivity index (χ4v) is 2.00. The van der Waals surface area contributed by atoms with E-state index < -0.39 is 15.8 Å². The van der Waals surface area contributed by atoms with Crippen LogP contribution in [0, 0.1) is 0 Å². The molecular weight excluding hydrogens is 206 g/mol. The Hall–Kier alpha value is -0.620. The SMILES string of the molecule is CCS(=O)(=O)CC(C)NCC(=O)OC. The fraction of sp³-hybridized carbons (Fsp3) is 0.875. The van der Waals surface area contributed by atoms with E-state index in [9.17, 15) is 13.2 Å². The molecule has 0 aliphatic heterocycles. The molecule has 0 aromatic heterocycles. The first-order valence-corrected chi connectivity index (χ1v) is 6.24. The molecule has 0 aromatic carbocycles. The molecule has 0 aromatic rings. The van der Waals surface area contributed by atoms with Gasteiger partial charge < -0.3 is 10.1 Å². The van der Waals surface area contributed by atoms with Gasteiger partial charge in [-0.05, 0) is 6.92 Å².